The molecule has 0 aliphatic rings. The van der Waals surface area contributed by atoms with E-state index in [-0.39, 0.29) is 0 Å². The van der Waals surface area contributed by atoms with E-state index >= 15 is 0 Å². The van der Waals surface area contributed by atoms with E-state index < -0.39 is 31.0 Å². The Bertz CT molecular complexity index is 165. The van der Waals surface area contributed by atoms with Crippen molar-refractivity contribution in [3.63, 3.8) is 0 Å². The third kappa shape index (κ3) is 3.66. The van der Waals surface area contributed by atoms with Crippen molar-refractivity contribution < 1.29 is 25.5 Å². The Labute approximate surface area is 74.7 Å². The quantitative estimate of drug-likeness (QED) is 0.152. The molecule has 0 amide bonds. The van der Waals surface area contributed by atoms with Gasteiger partial charge in [-0.25, -0.2) is 0 Å². The number of hydrazone groups is 1. The number of aliphatic hydroxyl groups excluding tert-OH is 5. The molecule has 0 rings (SSSR count). The van der Waals surface area contributed by atoms with Crippen molar-refractivity contribution >= 4 is 6.21 Å². The van der Waals surface area contributed by atoms with Crippen molar-refractivity contribution in [2.24, 2.45) is 10.9 Å². The van der Waals surface area contributed by atoms with Gasteiger partial charge in [0.15, 0.2) is 0 Å². The predicted molar refractivity (Wildman–Crippen MR) is 43.8 cm³/mol. The maximum Gasteiger partial charge on any atom is 0.119 e. The van der Waals surface area contributed by atoms with Crippen LogP contribution in [-0.4, -0.2) is 62.8 Å². The third-order valence-electron chi connectivity index (χ3n) is 1.52. The van der Waals surface area contributed by atoms with Crippen LogP contribution in [0, 0.1) is 0 Å². The van der Waals surface area contributed by atoms with Gasteiger partial charge in [-0.3, -0.25) is 0 Å². The number of nitrogens with two attached hydrogens (primary N) is 1. The molecule has 0 aromatic carbocycles. The summed E-state index contributed by atoms with van der Waals surface area (Å²) in [7, 11) is 0. The summed E-state index contributed by atoms with van der Waals surface area (Å²) in [6.07, 6.45) is -5.50. The SMILES string of the molecule is N/N=C/[C@H](O)[C@@H](O)[C@@H](O)[C@H](O)CO. The lowest BCUT2D eigenvalue weighted by Gasteiger charge is -2.23. The molecule has 7 nitrogen and oxygen atoms in total. The summed E-state index contributed by atoms with van der Waals surface area (Å²) in [6.45, 7) is -0.718. The highest BCUT2D eigenvalue weighted by molar-refractivity contribution is 5.63. The number of hydrogen-bond donors (Lipinski definition) is 6. The first-order valence-corrected chi connectivity index (χ1v) is 3.61. The van der Waals surface area contributed by atoms with Gasteiger partial charge in [0.05, 0.1) is 12.8 Å². The summed E-state index contributed by atoms with van der Waals surface area (Å²) in [5, 5.41) is 47.4. The van der Waals surface area contributed by atoms with Crippen LogP contribution in [0.2, 0.25) is 0 Å². The number of hydrogen-bond acceptors (Lipinski definition) is 7. The summed E-state index contributed by atoms with van der Waals surface area (Å²) in [6, 6.07) is 0. The van der Waals surface area contributed by atoms with Gasteiger partial charge in [0.1, 0.15) is 24.4 Å². The van der Waals surface area contributed by atoms with Crippen LogP contribution in [0.5, 0.6) is 0 Å². The summed E-state index contributed by atoms with van der Waals surface area (Å²) in [4.78, 5) is 0. The van der Waals surface area contributed by atoms with E-state index in [1.807, 2.05) is 0 Å². The second-order valence-electron chi connectivity index (χ2n) is 2.52. The molecule has 0 radical (unpaired) electrons. The zero-order valence-electron chi connectivity index (χ0n) is 6.85. The van der Waals surface area contributed by atoms with Crippen LogP contribution in [0.15, 0.2) is 5.10 Å². The fourth-order valence-electron chi connectivity index (χ4n) is 0.714. The Morgan fingerprint density at radius 3 is 2.08 bits per heavy atom. The first-order valence-electron chi connectivity index (χ1n) is 3.61. The van der Waals surface area contributed by atoms with E-state index in [1.165, 1.54) is 0 Å². The Morgan fingerprint density at radius 1 is 1.15 bits per heavy atom. The van der Waals surface area contributed by atoms with Crippen molar-refractivity contribution in [1.82, 2.24) is 0 Å². The minimum Gasteiger partial charge on any atom is -0.394 e. The van der Waals surface area contributed by atoms with Crippen LogP contribution in [0.1, 0.15) is 0 Å². The van der Waals surface area contributed by atoms with Crippen molar-refractivity contribution in [3.8, 4) is 0 Å². The molecule has 78 valence electrons. The van der Waals surface area contributed by atoms with Crippen LogP contribution in [0.4, 0.5) is 0 Å². The van der Waals surface area contributed by atoms with E-state index in [0.29, 0.717) is 0 Å². The molecule has 0 saturated carbocycles. The molecule has 0 aliphatic heterocycles. The van der Waals surface area contributed by atoms with Gasteiger partial charge in [0.2, 0.25) is 0 Å². The first-order chi connectivity index (χ1) is 6.04. The fourth-order valence-corrected chi connectivity index (χ4v) is 0.714. The number of nitrogens with zero attached hydrogens (tertiary/aromatic N) is 1. The lowest BCUT2D eigenvalue weighted by Crippen LogP contribution is -2.46. The molecule has 0 unspecified atom stereocenters. The standard InChI is InChI=1S/C6H14N2O5/c7-8-1-3(10)5(12)6(13)4(11)2-9/h1,3-6,9-13H,2,7H2/b8-1+/t3-,4+,5+,6-/m0/s1. The van der Waals surface area contributed by atoms with E-state index in [0.717, 1.165) is 6.21 Å². The first kappa shape index (κ1) is 12.3. The van der Waals surface area contributed by atoms with E-state index in [9.17, 15) is 0 Å². The van der Waals surface area contributed by atoms with E-state index in [4.69, 9.17) is 25.5 Å². The van der Waals surface area contributed by atoms with Crippen LogP contribution in [-0.2, 0) is 0 Å². The van der Waals surface area contributed by atoms with Gasteiger partial charge in [-0.1, -0.05) is 0 Å². The molecule has 7 N–H and O–H groups in total. The molecular formula is C6H14N2O5. The lowest BCUT2D eigenvalue weighted by molar-refractivity contribution is -0.0999. The average molecular weight is 194 g/mol. The molecule has 0 aromatic heterocycles. The van der Waals surface area contributed by atoms with Crippen molar-refractivity contribution in [3.05, 3.63) is 0 Å². The average Bonchev–Trinajstić information content (AvgIpc) is 2.14. The summed E-state index contributed by atoms with van der Waals surface area (Å²) in [5.74, 6) is 4.68. The maximum atomic E-state index is 9.10. The van der Waals surface area contributed by atoms with Gasteiger partial charge in [0, 0.05) is 0 Å². The summed E-state index contributed by atoms with van der Waals surface area (Å²) >= 11 is 0. The molecule has 0 heterocycles. The minimum absolute atomic E-state index is 0.718. The van der Waals surface area contributed by atoms with Gasteiger partial charge in [-0.15, -0.1) is 0 Å². The van der Waals surface area contributed by atoms with Crippen molar-refractivity contribution in [1.29, 1.82) is 0 Å². The molecule has 0 fully saturated rings. The highest BCUT2D eigenvalue weighted by atomic mass is 16.4. The Hall–Kier alpha value is -0.730. The largest absolute Gasteiger partial charge is 0.394 e. The smallest absolute Gasteiger partial charge is 0.119 e. The van der Waals surface area contributed by atoms with Gasteiger partial charge >= 0.3 is 0 Å². The number of rotatable bonds is 5. The predicted octanol–water partition coefficient (Wildman–Crippen LogP) is -3.63. The van der Waals surface area contributed by atoms with Gasteiger partial charge < -0.3 is 31.4 Å². The molecule has 0 aromatic rings. The van der Waals surface area contributed by atoms with Gasteiger partial charge in [-0.05, 0) is 0 Å². The molecule has 4 atom stereocenters. The molecule has 0 saturated heterocycles. The van der Waals surface area contributed by atoms with E-state index in [1.54, 1.807) is 0 Å². The van der Waals surface area contributed by atoms with E-state index in [2.05, 4.69) is 10.9 Å². The fraction of sp³-hybridized carbons (Fsp3) is 0.833. The normalized spacial score (nSPS) is 21.3. The Balaban J connectivity index is 4.15. The third-order valence-corrected chi connectivity index (χ3v) is 1.52. The maximum absolute atomic E-state index is 9.10. The zero-order valence-corrected chi connectivity index (χ0v) is 6.85. The van der Waals surface area contributed by atoms with Crippen LogP contribution in [0.3, 0.4) is 0 Å². The summed E-state index contributed by atoms with van der Waals surface area (Å²) < 4.78 is 0. The topological polar surface area (TPSA) is 140 Å². The van der Waals surface area contributed by atoms with Gasteiger partial charge in [0.25, 0.3) is 0 Å². The highest BCUT2D eigenvalue weighted by Gasteiger charge is 2.28. The molecule has 7 heteroatoms. The van der Waals surface area contributed by atoms with Crippen molar-refractivity contribution in [2.75, 3.05) is 6.61 Å². The lowest BCUT2D eigenvalue weighted by atomic mass is 10.0. The van der Waals surface area contributed by atoms with Crippen LogP contribution in [0.25, 0.3) is 0 Å². The Morgan fingerprint density at radius 2 is 1.69 bits per heavy atom. The highest BCUT2D eigenvalue weighted by Crippen LogP contribution is 2.03. The van der Waals surface area contributed by atoms with Gasteiger partial charge in [-0.2, -0.15) is 5.10 Å². The molecule has 0 aliphatic carbocycles. The summed E-state index contributed by atoms with van der Waals surface area (Å²) in [5.41, 5.74) is 0. The molecule has 13 heavy (non-hydrogen) atoms. The number of aliphatic hydroxyl groups is 5. The van der Waals surface area contributed by atoms with Crippen LogP contribution >= 0.6 is 0 Å². The van der Waals surface area contributed by atoms with Crippen LogP contribution < -0.4 is 5.84 Å². The zero-order chi connectivity index (χ0) is 10.4. The second kappa shape index (κ2) is 5.84. The Kier molecular flexibility index (Phi) is 5.51. The monoisotopic (exact) mass is 194 g/mol. The second-order valence-corrected chi connectivity index (χ2v) is 2.52. The minimum atomic E-state index is -1.65. The van der Waals surface area contributed by atoms with Crippen molar-refractivity contribution in [2.45, 2.75) is 24.4 Å². The molecule has 0 bridgehead atoms. The molecular weight excluding hydrogens is 180 g/mol. The molecule has 0 spiro atoms.